The van der Waals surface area contributed by atoms with Gasteiger partial charge in [-0.1, -0.05) is 85.9 Å². The number of hydrogen-bond donors (Lipinski definition) is 1. The molecule has 1 N–H and O–H groups in total. The minimum absolute atomic E-state index is 0.0481. The number of nitrogens with one attached hydrogen (secondary N) is 1. The Labute approximate surface area is 193 Å². The molecule has 0 saturated carbocycles. The normalized spacial score (nSPS) is 10.9. The number of aryl methyl sites for hydroxylation is 1. The summed E-state index contributed by atoms with van der Waals surface area (Å²) < 4.78 is 2.01. The predicted molar refractivity (Wildman–Crippen MR) is 128 cm³/mol. The Morgan fingerprint density at radius 3 is 2.68 bits per heavy atom. The van der Waals surface area contributed by atoms with E-state index in [0.717, 1.165) is 47.8 Å². The monoisotopic (exact) mass is 456 g/mol. The number of thioether (sulfide) groups is 1. The SMILES string of the molecule is CCCCCCC(=O)NCc1nnc(SCc2ccccc2)n1-c1cc(Cl)ccc1C. The molecule has 0 aliphatic rings. The van der Waals surface area contributed by atoms with E-state index in [1.54, 1.807) is 11.8 Å². The molecule has 31 heavy (non-hydrogen) atoms. The smallest absolute Gasteiger partial charge is 0.220 e. The highest BCUT2D eigenvalue weighted by Gasteiger charge is 2.17. The summed E-state index contributed by atoms with van der Waals surface area (Å²) in [5, 5.41) is 13.2. The second kappa shape index (κ2) is 11.9. The topological polar surface area (TPSA) is 59.8 Å². The summed E-state index contributed by atoms with van der Waals surface area (Å²) in [5.41, 5.74) is 3.21. The summed E-state index contributed by atoms with van der Waals surface area (Å²) in [5.74, 6) is 1.53. The van der Waals surface area contributed by atoms with Crippen LogP contribution in [0.1, 0.15) is 56.0 Å². The van der Waals surface area contributed by atoms with Gasteiger partial charge in [0, 0.05) is 17.2 Å². The number of benzene rings is 2. The molecule has 0 fully saturated rings. The molecule has 3 aromatic rings. The zero-order valence-electron chi connectivity index (χ0n) is 18.1. The van der Waals surface area contributed by atoms with Gasteiger partial charge >= 0.3 is 0 Å². The Morgan fingerprint density at radius 2 is 1.90 bits per heavy atom. The van der Waals surface area contributed by atoms with Crippen molar-refractivity contribution in [1.29, 1.82) is 0 Å². The van der Waals surface area contributed by atoms with Crippen molar-refractivity contribution in [2.45, 2.75) is 63.4 Å². The first kappa shape index (κ1) is 23.4. The zero-order chi connectivity index (χ0) is 22.1. The molecule has 0 spiro atoms. The van der Waals surface area contributed by atoms with Gasteiger partial charge in [-0.25, -0.2) is 0 Å². The minimum Gasteiger partial charge on any atom is -0.349 e. The number of carbonyl (C=O) groups is 1. The Morgan fingerprint density at radius 1 is 1.10 bits per heavy atom. The van der Waals surface area contributed by atoms with Crippen LogP contribution in [0, 0.1) is 6.92 Å². The van der Waals surface area contributed by atoms with Crippen LogP contribution in [0.25, 0.3) is 5.69 Å². The molecular weight excluding hydrogens is 428 g/mol. The second-order valence-electron chi connectivity index (χ2n) is 7.53. The van der Waals surface area contributed by atoms with Gasteiger partial charge in [-0.2, -0.15) is 0 Å². The summed E-state index contributed by atoms with van der Waals surface area (Å²) in [7, 11) is 0. The Balaban J connectivity index is 1.77. The standard InChI is InChI=1S/C24H29ClN4OS/c1-3-4-5-9-12-23(30)26-16-22-27-28-24(31-17-19-10-7-6-8-11-19)29(22)21-15-20(25)14-13-18(21)2/h6-8,10-11,13-15H,3-5,9,12,16-17H2,1-2H3,(H,26,30). The number of rotatable bonds is 11. The van der Waals surface area contributed by atoms with E-state index >= 15 is 0 Å². The Bertz CT molecular complexity index is 990. The molecule has 0 aliphatic heterocycles. The van der Waals surface area contributed by atoms with Crippen LogP contribution in [-0.2, 0) is 17.1 Å². The summed E-state index contributed by atoms with van der Waals surface area (Å²) in [6, 6.07) is 16.0. The lowest BCUT2D eigenvalue weighted by Gasteiger charge is -2.14. The van der Waals surface area contributed by atoms with Crippen molar-refractivity contribution in [3.8, 4) is 5.69 Å². The maximum atomic E-state index is 12.3. The van der Waals surface area contributed by atoms with E-state index in [9.17, 15) is 4.79 Å². The second-order valence-corrected chi connectivity index (χ2v) is 8.91. The minimum atomic E-state index is 0.0481. The van der Waals surface area contributed by atoms with Crippen molar-refractivity contribution in [1.82, 2.24) is 20.1 Å². The van der Waals surface area contributed by atoms with E-state index in [4.69, 9.17) is 11.6 Å². The van der Waals surface area contributed by atoms with E-state index in [0.29, 0.717) is 23.8 Å². The predicted octanol–water partition coefficient (Wildman–Crippen LogP) is 6.11. The van der Waals surface area contributed by atoms with Gasteiger partial charge in [0.15, 0.2) is 11.0 Å². The van der Waals surface area contributed by atoms with Crippen molar-refractivity contribution < 1.29 is 4.79 Å². The van der Waals surface area contributed by atoms with Crippen LogP contribution >= 0.6 is 23.4 Å². The van der Waals surface area contributed by atoms with Crippen LogP contribution in [0.15, 0.2) is 53.7 Å². The zero-order valence-corrected chi connectivity index (χ0v) is 19.7. The van der Waals surface area contributed by atoms with Crippen LogP contribution in [0.5, 0.6) is 0 Å². The van der Waals surface area contributed by atoms with Crippen LogP contribution in [0.3, 0.4) is 0 Å². The highest BCUT2D eigenvalue weighted by molar-refractivity contribution is 7.98. The fourth-order valence-corrected chi connectivity index (χ4v) is 4.36. The fourth-order valence-electron chi connectivity index (χ4n) is 3.27. The number of nitrogens with zero attached hydrogens (tertiary/aromatic N) is 3. The van der Waals surface area contributed by atoms with E-state index in [2.05, 4.69) is 34.6 Å². The number of hydrogen-bond acceptors (Lipinski definition) is 4. The van der Waals surface area contributed by atoms with Crippen LogP contribution in [0.2, 0.25) is 5.02 Å². The average Bonchev–Trinajstić information content (AvgIpc) is 3.19. The molecule has 164 valence electrons. The van der Waals surface area contributed by atoms with Gasteiger partial charge in [0.05, 0.1) is 12.2 Å². The van der Waals surface area contributed by atoms with Gasteiger partial charge in [-0.3, -0.25) is 9.36 Å². The third kappa shape index (κ3) is 6.84. The van der Waals surface area contributed by atoms with Crippen molar-refractivity contribution in [3.63, 3.8) is 0 Å². The van der Waals surface area contributed by atoms with E-state index in [-0.39, 0.29) is 5.91 Å². The van der Waals surface area contributed by atoms with Gasteiger partial charge in [0.25, 0.3) is 0 Å². The molecule has 1 amide bonds. The molecule has 3 rings (SSSR count). The van der Waals surface area contributed by atoms with E-state index in [1.165, 1.54) is 5.56 Å². The van der Waals surface area contributed by atoms with Crippen LogP contribution in [-0.4, -0.2) is 20.7 Å². The third-order valence-electron chi connectivity index (χ3n) is 5.02. The number of halogens is 1. The maximum Gasteiger partial charge on any atom is 0.220 e. The molecular formula is C24H29ClN4OS. The van der Waals surface area contributed by atoms with Gasteiger partial charge in [-0.05, 0) is 36.6 Å². The Hall–Kier alpha value is -2.31. The number of unbranched alkanes of at least 4 members (excludes halogenated alkanes) is 3. The van der Waals surface area contributed by atoms with Crippen LogP contribution in [0.4, 0.5) is 0 Å². The summed E-state index contributed by atoms with van der Waals surface area (Å²) in [6.07, 6.45) is 4.87. The lowest BCUT2D eigenvalue weighted by Crippen LogP contribution is -2.24. The molecule has 5 nitrogen and oxygen atoms in total. The highest BCUT2D eigenvalue weighted by Crippen LogP contribution is 2.28. The molecule has 0 aliphatic carbocycles. The third-order valence-corrected chi connectivity index (χ3v) is 6.26. The molecule has 2 aromatic carbocycles. The fraction of sp³-hybridized carbons (Fsp3) is 0.375. The van der Waals surface area contributed by atoms with Crippen LogP contribution < -0.4 is 5.32 Å². The van der Waals surface area contributed by atoms with Crippen molar-refractivity contribution >= 4 is 29.3 Å². The van der Waals surface area contributed by atoms with E-state index < -0.39 is 0 Å². The molecule has 0 saturated heterocycles. The number of amides is 1. The first-order chi connectivity index (χ1) is 15.1. The molecule has 7 heteroatoms. The quantitative estimate of drug-likeness (QED) is 0.279. The van der Waals surface area contributed by atoms with Gasteiger partial charge < -0.3 is 5.32 Å². The van der Waals surface area contributed by atoms with Gasteiger partial charge in [0.1, 0.15) is 0 Å². The molecule has 0 radical (unpaired) electrons. The summed E-state index contributed by atoms with van der Waals surface area (Å²) in [4.78, 5) is 12.3. The van der Waals surface area contributed by atoms with E-state index in [1.807, 2.05) is 47.9 Å². The highest BCUT2D eigenvalue weighted by atomic mass is 35.5. The number of carbonyl (C=O) groups excluding carboxylic acids is 1. The van der Waals surface area contributed by atoms with Crippen molar-refractivity contribution in [2.24, 2.45) is 0 Å². The molecule has 1 aromatic heterocycles. The molecule has 0 atom stereocenters. The summed E-state index contributed by atoms with van der Waals surface area (Å²) in [6.45, 7) is 4.53. The lowest BCUT2D eigenvalue weighted by molar-refractivity contribution is -0.121. The maximum absolute atomic E-state index is 12.3. The number of aromatic nitrogens is 3. The van der Waals surface area contributed by atoms with Crippen molar-refractivity contribution in [2.75, 3.05) is 0 Å². The van der Waals surface area contributed by atoms with Crippen molar-refractivity contribution in [3.05, 3.63) is 70.5 Å². The van der Waals surface area contributed by atoms with Gasteiger partial charge in [0.2, 0.25) is 5.91 Å². The summed E-state index contributed by atoms with van der Waals surface area (Å²) >= 11 is 7.91. The van der Waals surface area contributed by atoms with Gasteiger partial charge in [-0.15, -0.1) is 10.2 Å². The largest absolute Gasteiger partial charge is 0.349 e. The molecule has 0 bridgehead atoms. The first-order valence-electron chi connectivity index (χ1n) is 10.7. The average molecular weight is 457 g/mol. The lowest BCUT2D eigenvalue weighted by atomic mass is 10.1. The molecule has 0 unspecified atom stereocenters. The molecule has 1 heterocycles. The Kier molecular flexibility index (Phi) is 8.98. The first-order valence-corrected chi connectivity index (χ1v) is 12.1.